The molecule has 0 aromatic heterocycles. The van der Waals surface area contributed by atoms with Gasteiger partial charge in [-0.25, -0.2) is 0 Å². The molecule has 3 atom stereocenters. The second-order valence-electron chi connectivity index (χ2n) is 4.73. The monoisotopic (exact) mass is 310 g/mol. The number of thioether (sulfide) groups is 1. The molecule has 0 radical (unpaired) electrons. The Balaban J connectivity index is 1.98. The summed E-state index contributed by atoms with van der Waals surface area (Å²) >= 11 is 1.56. The van der Waals surface area contributed by atoms with Crippen molar-refractivity contribution < 1.29 is 23.8 Å². The van der Waals surface area contributed by atoms with Crippen LogP contribution in [0.3, 0.4) is 0 Å². The van der Waals surface area contributed by atoms with Gasteiger partial charge in [0.2, 0.25) is 0 Å². The predicted molar refractivity (Wildman–Crippen MR) is 77.8 cm³/mol. The average Bonchev–Trinajstić information content (AvgIpc) is 2.42. The van der Waals surface area contributed by atoms with Gasteiger partial charge in [0, 0.05) is 25.2 Å². The molecule has 0 spiro atoms. The summed E-state index contributed by atoms with van der Waals surface area (Å²) in [6.45, 7) is 2.90. The van der Waals surface area contributed by atoms with Crippen LogP contribution in [0.1, 0.15) is 20.3 Å². The van der Waals surface area contributed by atoms with Crippen LogP contribution in [0, 0.1) is 0 Å². The summed E-state index contributed by atoms with van der Waals surface area (Å²) in [6, 6.07) is 9.84. The summed E-state index contributed by atoms with van der Waals surface area (Å²) in [7, 11) is 0. The standard InChI is InChI=1S/C15H18O5S/c1-10(16)19-13-8-15(18-9-14(13)20-11(2)17)21-12-6-4-3-5-7-12/h3-7,13-15H,8-9H2,1-2H3/t13-,14+,15+/m1/s1. The highest BCUT2D eigenvalue weighted by Gasteiger charge is 2.36. The normalized spacial score (nSPS) is 25.1. The summed E-state index contributed by atoms with van der Waals surface area (Å²) < 4.78 is 16.1. The zero-order chi connectivity index (χ0) is 15.2. The SMILES string of the molecule is CC(=O)O[C@H]1CO[C@@H](Sc2ccccc2)C[C@H]1OC(C)=O. The fraction of sp³-hybridized carbons (Fsp3) is 0.467. The van der Waals surface area contributed by atoms with Crippen molar-refractivity contribution in [3.8, 4) is 0 Å². The number of benzene rings is 1. The maximum Gasteiger partial charge on any atom is 0.303 e. The molecule has 1 fully saturated rings. The Morgan fingerprint density at radius 3 is 2.33 bits per heavy atom. The maximum atomic E-state index is 11.2. The summed E-state index contributed by atoms with van der Waals surface area (Å²) in [5.74, 6) is -0.794. The first-order valence-electron chi connectivity index (χ1n) is 6.72. The summed E-state index contributed by atoms with van der Waals surface area (Å²) in [6.07, 6.45) is -0.530. The highest BCUT2D eigenvalue weighted by molar-refractivity contribution is 7.99. The van der Waals surface area contributed by atoms with Crippen LogP contribution in [0.15, 0.2) is 35.2 Å². The molecular formula is C15H18O5S. The van der Waals surface area contributed by atoms with Gasteiger partial charge in [-0.2, -0.15) is 0 Å². The van der Waals surface area contributed by atoms with E-state index in [2.05, 4.69) is 0 Å². The minimum absolute atomic E-state index is 0.136. The molecule has 5 nitrogen and oxygen atoms in total. The summed E-state index contributed by atoms with van der Waals surface area (Å²) in [5.41, 5.74) is -0.136. The molecule has 0 unspecified atom stereocenters. The van der Waals surface area contributed by atoms with Crippen molar-refractivity contribution >= 4 is 23.7 Å². The van der Waals surface area contributed by atoms with E-state index >= 15 is 0 Å². The number of esters is 2. The van der Waals surface area contributed by atoms with Crippen LogP contribution in [-0.2, 0) is 23.8 Å². The van der Waals surface area contributed by atoms with E-state index in [0.29, 0.717) is 6.42 Å². The van der Waals surface area contributed by atoms with Gasteiger partial charge in [-0.1, -0.05) is 30.0 Å². The molecular weight excluding hydrogens is 292 g/mol. The molecule has 1 aromatic rings. The van der Waals surface area contributed by atoms with Crippen molar-refractivity contribution in [2.24, 2.45) is 0 Å². The minimum Gasteiger partial charge on any atom is -0.458 e. The summed E-state index contributed by atoms with van der Waals surface area (Å²) in [5, 5.41) is 0. The van der Waals surface area contributed by atoms with Crippen molar-refractivity contribution in [2.75, 3.05) is 6.61 Å². The average molecular weight is 310 g/mol. The van der Waals surface area contributed by atoms with Crippen LogP contribution in [0.2, 0.25) is 0 Å². The largest absolute Gasteiger partial charge is 0.458 e. The number of ether oxygens (including phenoxy) is 3. The number of rotatable bonds is 4. The molecule has 1 heterocycles. The molecule has 114 valence electrons. The van der Waals surface area contributed by atoms with Gasteiger partial charge in [0.15, 0.2) is 6.10 Å². The molecule has 0 bridgehead atoms. The quantitative estimate of drug-likeness (QED) is 0.796. The van der Waals surface area contributed by atoms with Crippen LogP contribution >= 0.6 is 11.8 Å². The molecule has 21 heavy (non-hydrogen) atoms. The maximum absolute atomic E-state index is 11.2. The van der Waals surface area contributed by atoms with Crippen molar-refractivity contribution in [2.45, 2.75) is 42.8 Å². The fourth-order valence-corrected chi connectivity index (χ4v) is 3.16. The third-order valence-corrected chi connectivity index (χ3v) is 4.07. The van der Waals surface area contributed by atoms with Crippen molar-refractivity contribution in [3.63, 3.8) is 0 Å². The zero-order valence-electron chi connectivity index (χ0n) is 12.0. The van der Waals surface area contributed by atoms with E-state index in [0.717, 1.165) is 4.90 Å². The fourth-order valence-electron chi connectivity index (χ4n) is 2.11. The molecule has 0 aliphatic carbocycles. The molecule has 0 N–H and O–H groups in total. The first kappa shape index (κ1) is 15.9. The van der Waals surface area contributed by atoms with Crippen LogP contribution in [-0.4, -0.2) is 36.2 Å². The lowest BCUT2D eigenvalue weighted by Crippen LogP contribution is -2.45. The van der Waals surface area contributed by atoms with Gasteiger partial charge in [-0.05, 0) is 12.1 Å². The lowest BCUT2D eigenvalue weighted by molar-refractivity contribution is -0.181. The number of carbonyl (C=O) groups excluding carboxylic acids is 2. The Kier molecular flexibility index (Phi) is 5.64. The van der Waals surface area contributed by atoms with Gasteiger partial charge in [0.25, 0.3) is 0 Å². The lowest BCUT2D eigenvalue weighted by Gasteiger charge is -2.34. The Labute approximate surface area is 127 Å². The molecule has 1 aromatic carbocycles. The Bertz CT molecular complexity index is 490. The number of hydrogen-bond acceptors (Lipinski definition) is 6. The first-order valence-corrected chi connectivity index (χ1v) is 7.60. The van der Waals surface area contributed by atoms with Crippen LogP contribution in [0.25, 0.3) is 0 Å². The van der Waals surface area contributed by atoms with Gasteiger partial charge in [-0.3, -0.25) is 9.59 Å². The Morgan fingerprint density at radius 1 is 1.10 bits per heavy atom. The summed E-state index contributed by atoms with van der Waals surface area (Å²) in [4.78, 5) is 23.4. The van der Waals surface area contributed by atoms with Gasteiger partial charge in [0.1, 0.15) is 11.5 Å². The topological polar surface area (TPSA) is 61.8 Å². The number of hydrogen-bond donors (Lipinski definition) is 0. The van der Waals surface area contributed by atoms with E-state index in [1.165, 1.54) is 13.8 Å². The van der Waals surface area contributed by atoms with E-state index in [4.69, 9.17) is 14.2 Å². The molecule has 1 saturated heterocycles. The van der Waals surface area contributed by atoms with Crippen molar-refractivity contribution in [1.82, 2.24) is 0 Å². The minimum atomic E-state index is -0.543. The first-order chi connectivity index (χ1) is 10.0. The highest BCUT2D eigenvalue weighted by Crippen LogP contribution is 2.32. The van der Waals surface area contributed by atoms with Crippen LogP contribution in [0.5, 0.6) is 0 Å². The number of carbonyl (C=O) groups is 2. The van der Waals surface area contributed by atoms with Gasteiger partial charge in [0.05, 0.1) is 6.61 Å². The third-order valence-electron chi connectivity index (χ3n) is 2.93. The van der Waals surface area contributed by atoms with E-state index in [1.807, 2.05) is 30.3 Å². The van der Waals surface area contributed by atoms with Crippen LogP contribution in [0.4, 0.5) is 0 Å². The van der Waals surface area contributed by atoms with Crippen molar-refractivity contribution in [3.05, 3.63) is 30.3 Å². The van der Waals surface area contributed by atoms with E-state index in [9.17, 15) is 9.59 Å². The van der Waals surface area contributed by atoms with Gasteiger partial charge < -0.3 is 14.2 Å². The Hall–Kier alpha value is -1.53. The highest BCUT2D eigenvalue weighted by atomic mass is 32.2. The molecule has 1 aliphatic heterocycles. The van der Waals surface area contributed by atoms with E-state index in [1.54, 1.807) is 11.8 Å². The van der Waals surface area contributed by atoms with E-state index in [-0.39, 0.29) is 18.0 Å². The van der Waals surface area contributed by atoms with E-state index < -0.39 is 18.2 Å². The van der Waals surface area contributed by atoms with Crippen LogP contribution < -0.4 is 0 Å². The molecule has 0 amide bonds. The van der Waals surface area contributed by atoms with Gasteiger partial charge >= 0.3 is 11.9 Å². The molecule has 0 saturated carbocycles. The molecule has 1 aliphatic rings. The van der Waals surface area contributed by atoms with Crippen molar-refractivity contribution in [1.29, 1.82) is 0 Å². The molecule has 2 rings (SSSR count). The second-order valence-corrected chi connectivity index (χ2v) is 5.96. The van der Waals surface area contributed by atoms with Gasteiger partial charge in [-0.15, -0.1) is 0 Å². The predicted octanol–water partition coefficient (Wildman–Crippen LogP) is 2.39. The second kappa shape index (κ2) is 7.47. The molecule has 6 heteroatoms. The lowest BCUT2D eigenvalue weighted by atomic mass is 10.1. The smallest absolute Gasteiger partial charge is 0.303 e. The third kappa shape index (κ3) is 5.06. The Morgan fingerprint density at radius 2 is 1.71 bits per heavy atom. The zero-order valence-corrected chi connectivity index (χ0v) is 12.8.